The van der Waals surface area contributed by atoms with Crippen molar-refractivity contribution >= 4 is 17.0 Å². The molecule has 0 aromatic carbocycles. The van der Waals surface area contributed by atoms with Crippen LogP contribution in [0.5, 0.6) is 0 Å². The van der Waals surface area contributed by atoms with Gasteiger partial charge in [-0.15, -0.1) is 6.58 Å². The molecule has 0 saturated heterocycles. The number of carbonyl (C=O) groups excluding carboxylic acids is 1. The lowest BCUT2D eigenvalue weighted by atomic mass is 10.1. The molecule has 0 bridgehead atoms. The molecule has 0 radical (unpaired) electrons. The van der Waals surface area contributed by atoms with Gasteiger partial charge in [0.1, 0.15) is 17.5 Å². The van der Waals surface area contributed by atoms with E-state index in [0.29, 0.717) is 18.8 Å². The van der Waals surface area contributed by atoms with E-state index in [1.165, 1.54) is 10.9 Å². The lowest BCUT2D eigenvalue weighted by Gasteiger charge is -2.05. The predicted octanol–water partition coefficient (Wildman–Crippen LogP) is 1.81. The van der Waals surface area contributed by atoms with E-state index in [-0.39, 0.29) is 28.1 Å². The minimum absolute atomic E-state index is 0.159. The molecule has 122 valence electrons. The smallest absolute Gasteiger partial charge is 0.265 e. The van der Waals surface area contributed by atoms with Crippen LogP contribution in [-0.4, -0.2) is 20.4 Å². The lowest BCUT2D eigenvalue weighted by Crippen LogP contribution is -2.26. The number of hydrogen-bond acceptors (Lipinski definition) is 5. The first-order chi connectivity index (χ1) is 11.6. The zero-order chi connectivity index (χ0) is 17.1. The van der Waals surface area contributed by atoms with Crippen molar-refractivity contribution in [3.63, 3.8) is 0 Å². The van der Waals surface area contributed by atoms with Crippen molar-refractivity contribution in [2.24, 2.45) is 0 Å². The first-order valence-electron chi connectivity index (χ1n) is 7.38. The summed E-state index contributed by atoms with van der Waals surface area (Å²) < 4.78 is 6.84. The summed E-state index contributed by atoms with van der Waals surface area (Å²) in [5, 5.41) is 2.97. The molecule has 3 heterocycles. The quantitative estimate of drug-likeness (QED) is 0.723. The molecule has 0 fully saturated rings. The summed E-state index contributed by atoms with van der Waals surface area (Å²) in [6.45, 7) is 5.88. The molecule has 7 nitrogen and oxygen atoms in total. The number of pyridine rings is 1. The lowest BCUT2D eigenvalue weighted by molar-refractivity contribution is 0.0950. The molecule has 1 N–H and O–H groups in total. The van der Waals surface area contributed by atoms with Crippen LogP contribution in [0.4, 0.5) is 0 Å². The molecule has 0 spiro atoms. The van der Waals surface area contributed by atoms with Crippen LogP contribution in [0.1, 0.15) is 21.7 Å². The van der Waals surface area contributed by atoms with Crippen LogP contribution < -0.4 is 10.9 Å². The summed E-state index contributed by atoms with van der Waals surface area (Å²) in [6.07, 6.45) is 6.27. The number of nitrogens with zero attached hydrogens (tertiary/aromatic N) is 3. The van der Waals surface area contributed by atoms with Gasteiger partial charge in [-0.2, -0.15) is 0 Å². The van der Waals surface area contributed by atoms with Crippen molar-refractivity contribution in [1.82, 2.24) is 19.9 Å². The highest BCUT2D eigenvalue weighted by molar-refractivity contribution is 6.06. The number of furan rings is 1. The third-order valence-electron chi connectivity index (χ3n) is 3.61. The fourth-order valence-corrected chi connectivity index (χ4v) is 2.45. The molecule has 0 saturated carbocycles. The van der Waals surface area contributed by atoms with Crippen molar-refractivity contribution in [3.05, 3.63) is 70.7 Å². The molecule has 3 aromatic heterocycles. The molecule has 0 aliphatic heterocycles. The van der Waals surface area contributed by atoms with Crippen molar-refractivity contribution in [2.75, 3.05) is 0 Å². The highest BCUT2D eigenvalue weighted by Gasteiger charge is 2.22. The predicted molar refractivity (Wildman–Crippen MR) is 88.6 cm³/mol. The van der Waals surface area contributed by atoms with Gasteiger partial charge in [0, 0.05) is 25.5 Å². The number of aryl methyl sites for hydroxylation is 1. The first-order valence-corrected chi connectivity index (χ1v) is 7.38. The SMILES string of the molecule is C=CCn1cnc2oc(C)c(C(=O)NCc3ccncc3)c2c1=O. The summed E-state index contributed by atoms with van der Waals surface area (Å²) >= 11 is 0. The summed E-state index contributed by atoms with van der Waals surface area (Å²) in [7, 11) is 0. The maximum atomic E-state index is 12.6. The second kappa shape index (κ2) is 6.49. The Bertz CT molecular complexity index is 957. The van der Waals surface area contributed by atoms with Gasteiger partial charge in [0.25, 0.3) is 11.5 Å². The number of fused-ring (bicyclic) bond motifs is 1. The Hall–Kier alpha value is -3.22. The van der Waals surface area contributed by atoms with Crippen molar-refractivity contribution in [2.45, 2.75) is 20.0 Å². The van der Waals surface area contributed by atoms with Crippen molar-refractivity contribution in [1.29, 1.82) is 0 Å². The van der Waals surface area contributed by atoms with Crippen LogP contribution in [0.25, 0.3) is 11.1 Å². The fourth-order valence-electron chi connectivity index (χ4n) is 2.45. The first kappa shape index (κ1) is 15.7. The van der Waals surface area contributed by atoms with Gasteiger partial charge in [0.05, 0.1) is 5.56 Å². The van der Waals surface area contributed by atoms with Gasteiger partial charge >= 0.3 is 0 Å². The van der Waals surface area contributed by atoms with Gasteiger partial charge in [0.15, 0.2) is 0 Å². The number of rotatable bonds is 5. The summed E-state index contributed by atoms with van der Waals surface area (Å²) in [5.74, 6) is -0.0171. The second-order valence-corrected chi connectivity index (χ2v) is 5.24. The molecule has 0 aliphatic rings. The van der Waals surface area contributed by atoms with Gasteiger partial charge in [-0.3, -0.25) is 19.1 Å². The van der Waals surface area contributed by atoms with E-state index in [9.17, 15) is 9.59 Å². The second-order valence-electron chi connectivity index (χ2n) is 5.24. The molecule has 3 aromatic rings. The summed E-state index contributed by atoms with van der Waals surface area (Å²) in [6, 6.07) is 3.61. The van der Waals surface area contributed by atoms with E-state index in [1.54, 1.807) is 37.5 Å². The molecule has 3 rings (SSSR count). The standard InChI is InChI=1S/C17H16N4O3/c1-3-8-21-10-20-16-14(17(21)23)13(11(2)24-16)15(22)19-9-12-4-6-18-7-5-12/h3-7,10H,1,8-9H2,2H3,(H,19,22). The van der Waals surface area contributed by atoms with Gasteiger partial charge in [-0.05, 0) is 24.6 Å². The number of amides is 1. The Morgan fingerprint density at radius 2 is 2.17 bits per heavy atom. The highest BCUT2D eigenvalue weighted by Crippen LogP contribution is 2.20. The maximum absolute atomic E-state index is 12.6. The van der Waals surface area contributed by atoms with Crippen LogP contribution in [0.15, 0.2) is 52.7 Å². The van der Waals surface area contributed by atoms with E-state index in [4.69, 9.17) is 4.42 Å². The van der Waals surface area contributed by atoms with E-state index in [1.807, 2.05) is 0 Å². The van der Waals surface area contributed by atoms with Gasteiger partial charge < -0.3 is 9.73 Å². The maximum Gasteiger partial charge on any atom is 0.265 e. The largest absolute Gasteiger partial charge is 0.442 e. The third-order valence-corrected chi connectivity index (χ3v) is 3.61. The number of nitrogens with one attached hydrogen (secondary N) is 1. The Morgan fingerprint density at radius 1 is 1.42 bits per heavy atom. The van der Waals surface area contributed by atoms with Crippen LogP contribution >= 0.6 is 0 Å². The van der Waals surface area contributed by atoms with Crippen molar-refractivity contribution < 1.29 is 9.21 Å². The Morgan fingerprint density at radius 3 is 2.88 bits per heavy atom. The van der Waals surface area contributed by atoms with Gasteiger partial charge in [0.2, 0.25) is 5.71 Å². The fraction of sp³-hybridized carbons (Fsp3) is 0.176. The number of hydrogen-bond donors (Lipinski definition) is 1. The molecule has 0 atom stereocenters. The molecule has 24 heavy (non-hydrogen) atoms. The van der Waals surface area contributed by atoms with Crippen LogP contribution in [0.3, 0.4) is 0 Å². The van der Waals surface area contributed by atoms with Gasteiger partial charge in [-0.1, -0.05) is 6.08 Å². The monoisotopic (exact) mass is 324 g/mol. The zero-order valence-corrected chi connectivity index (χ0v) is 13.2. The summed E-state index contributed by atoms with van der Waals surface area (Å²) in [4.78, 5) is 33.1. The van der Waals surface area contributed by atoms with Crippen molar-refractivity contribution in [3.8, 4) is 0 Å². The molecular formula is C17H16N4O3. The average molecular weight is 324 g/mol. The molecule has 7 heteroatoms. The molecular weight excluding hydrogens is 308 g/mol. The van der Waals surface area contributed by atoms with Gasteiger partial charge in [-0.25, -0.2) is 4.98 Å². The molecule has 0 unspecified atom stereocenters. The zero-order valence-electron chi connectivity index (χ0n) is 13.2. The van der Waals surface area contributed by atoms with E-state index < -0.39 is 0 Å². The Labute approximate surface area is 137 Å². The normalized spacial score (nSPS) is 10.7. The molecule has 0 aliphatic carbocycles. The number of aromatic nitrogens is 3. The number of allylic oxidation sites excluding steroid dienone is 1. The Kier molecular flexibility index (Phi) is 4.24. The van der Waals surface area contributed by atoms with Crippen LogP contribution in [-0.2, 0) is 13.1 Å². The van der Waals surface area contributed by atoms with E-state index >= 15 is 0 Å². The topological polar surface area (TPSA) is 90.0 Å². The van der Waals surface area contributed by atoms with E-state index in [0.717, 1.165) is 5.56 Å². The molecule has 1 amide bonds. The number of carbonyl (C=O) groups is 1. The minimum atomic E-state index is -0.377. The Balaban J connectivity index is 1.97. The minimum Gasteiger partial charge on any atom is -0.442 e. The third kappa shape index (κ3) is 2.83. The summed E-state index contributed by atoms with van der Waals surface area (Å²) in [5.41, 5.74) is 0.957. The van der Waals surface area contributed by atoms with Crippen LogP contribution in [0.2, 0.25) is 0 Å². The van der Waals surface area contributed by atoms with E-state index in [2.05, 4.69) is 21.9 Å². The van der Waals surface area contributed by atoms with Crippen LogP contribution in [0, 0.1) is 6.92 Å². The highest BCUT2D eigenvalue weighted by atomic mass is 16.3. The average Bonchev–Trinajstić information content (AvgIpc) is 2.93.